The molecule has 8 heteroatoms. The molecule has 0 spiro atoms. The number of nitrogens with zero attached hydrogens (tertiary/aromatic N) is 1. The zero-order valence-corrected chi connectivity index (χ0v) is 24.3. The first kappa shape index (κ1) is 29.2. The van der Waals surface area contributed by atoms with Crippen LogP contribution in [-0.2, 0) is 16.1 Å². The van der Waals surface area contributed by atoms with Crippen LogP contribution in [0.1, 0.15) is 52.4 Å². The van der Waals surface area contributed by atoms with Gasteiger partial charge in [-0.1, -0.05) is 54.6 Å². The van der Waals surface area contributed by atoms with Gasteiger partial charge in [0.15, 0.2) is 11.4 Å². The smallest absolute Gasteiger partial charge is 0.410 e. The van der Waals surface area contributed by atoms with E-state index in [0.29, 0.717) is 17.9 Å². The standard InChI is InChI=1S/C32H35NO6S/c1-20-15-24(16-21(2)29(20)39-32(3,4)30(35)36)26-17-33(31(37)38-19-22-9-7-6-8-10-22)18-27(26)28(34)23-11-13-25(40-5)14-12-23/h6-16,26-27H,17-19H2,1-5H3,(H,35,36)/t26-,27+/m0/s1. The molecule has 3 aromatic rings. The first-order valence-corrected chi connectivity index (χ1v) is 14.4. The van der Waals surface area contributed by atoms with Crippen molar-refractivity contribution >= 4 is 29.6 Å². The lowest BCUT2D eigenvalue weighted by molar-refractivity contribution is -0.152. The number of likely N-dealkylation sites (tertiary alicyclic amines) is 1. The molecule has 40 heavy (non-hydrogen) atoms. The molecule has 0 aliphatic carbocycles. The minimum absolute atomic E-state index is 0.0290. The van der Waals surface area contributed by atoms with Gasteiger partial charge in [0.1, 0.15) is 12.4 Å². The zero-order chi connectivity index (χ0) is 29.0. The van der Waals surface area contributed by atoms with Crippen molar-refractivity contribution in [3.63, 3.8) is 0 Å². The van der Waals surface area contributed by atoms with Crippen molar-refractivity contribution in [1.82, 2.24) is 4.90 Å². The second kappa shape index (κ2) is 12.2. The molecule has 0 unspecified atom stereocenters. The summed E-state index contributed by atoms with van der Waals surface area (Å²) in [5, 5.41) is 9.53. The van der Waals surface area contributed by atoms with Crippen LogP contribution in [0.2, 0.25) is 0 Å². The highest BCUT2D eigenvalue weighted by Gasteiger charge is 2.42. The summed E-state index contributed by atoms with van der Waals surface area (Å²) < 4.78 is 11.5. The highest BCUT2D eigenvalue weighted by atomic mass is 32.2. The summed E-state index contributed by atoms with van der Waals surface area (Å²) in [6.07, 6.45) is 1.52. The van der Waals surface area contributed by atoms with Crippen LogP contribution in [0, 0.1) is 19.8 Å². The SMILES string of the molecule is CSc1ccc(C(=O)[C@@H]2CN(C(=O)OCc3ccccc3)C[C@H]2c2cc(C)c(OC(C)(C)C(=O)O)c(C)c2)cc1. The molecule has 3 aromatic carbocycles. The minimum atomic E-state index is -1.40. The molecule has 7 nitrogen and oxygen atoms in total. The molecule has 210 valence electrons. The highest BCUT2D eigenvalue weighted by Crippen LogP contribution is 2.39. The van der Waals surface area contributed by atoms with Gasteiger partial charge in [-0.15, -0.1) is 11.8 Å². The molecule has 0 aromatic heterocycles. The Bertz CT molecular complexity index is 1360. The Hall–Kier alpha value is -3.78. The van der Waals surface area contributed by atoms with Crippen LogP contribution >= 0.6 is 11.8 Å². The number of thioether (sulfide) groups is 1. The predicted octanol–water partition coefficient (Wildman–Crippen LogP) is 6.50. The number of amides is 1. The number of Topliss-reactive ketones (excluding diaryl/α,β-unsaturated/α-hetero) is 1. The molecular weight excluding hydrogens is 526 g/mol. The summed E-state index contributed by atoms with van der Waals surface area (Å²) >= 11 is 1.61. The van der Waals surface area contributed by atoms with E-state index >= 15 is 0 Å². The molecule has 1 saturated heterocycles. The Morgan fingerprint density at radius 3 is 2.17 bits per heavy atom. The molecule has 1 amide bonds. The van der Waals surface area contributed by atoms with Gasteiger partial charge in [-0.05, 0) is 68.3 Å². The summed E-state index contributed by atoms with van der Waals surface area (Å²) in [5.41, 5.74) is 2.52. The molecule has 1 aliphatic heterocycles. The van der Waals surface area contributed by atoms with Crippen molar-refractivity contribution in [2.24, 2.45) is 5.92 Å². The van der Waals surface area contributed by atoms with Crippen molar-refractivity contribution < 1.29 is 29.0 Å². The molecule has 0 bridgehead atoms. The van der Waals surface area contributed by atoms with E-state index in [2.05, 4.69) is 0 Å². The van der Waals surface area contributed by atoms with Crippen LogP contribution in [0.4, 0.5) is 4.79 Å². The highest BCUT2D eigenvalue weighted by molar-refractivity contribution is 7.98. The Labute approximate surface area is 239 Å². The maximum atomic E-state index is 13.8. The van der Waals surface area contributed by atoms with Crippen LogP contribution in [0.25, 0.3) is 0 Å². The summed E-state index contributed by atoms with van der Waals surface area (Å²) in [4.78, 5) is 41.2. The van der Waals surface area contributed by atoms with E-state index in [1.165, 1.54) is 13.8 Å². The number of hydrogen-bond acceptors (Lipinski definition) is 6. The van der Waals surface area contributed by atoms with Gasteiger partial charge in [-0.2, -0.15) is 0 Å². The van der Waals surface area contributed by atoms with Crippen LogP contribution in [0.3, 0.4) is 0 Å². The minimum Gasteiger partial charge on any atom is -0.478 e. The van der Waals surface area contributed by atoms with E-state index in [4.69, 9.17) is 9.47 Å². The summed E-state index contributed by atoms with van der Waals surface area (Å²) in [6.45, 7) is 7.46. The maximum Gasteiger partial charge on any atom is 0.410 e. The third-order valence-corrected chi connectivity index (χ3v) is 8.02. The molecule has 2 atom stereocenters. The van der Waals surface area contributed by atoms with Crippen LogP contribution in [0.5, 0.6) is 5.75 Å². The van der Waals surface area contributed by atoms with Crippen molar-refractivity contribution in [1.29, 1.82) is 0 Å². The Morgan fingerprint density at radius 1 is 0.975 bits per heavy atom. The fourth-order valence-corrected chi connectivity index (χ4v) is 5.40. The van der Waals surface area contributed by atoms with Crippen LogP contribution < -0.4 is 4.74 Å². The molecule has 0 radical (unpaired) electrons. The summed E-state index contributed by atoms with van der Waals surface area (Å²) in [6, 6.07) is 20.9. The normalized spacial score (nSPS) is 17.0. The molecular formula is C32H35NO6S. The second-order valence-corrected chi connectivity index (χ2v) is 11.5. The van der Waals surface area contributed by atoms with Gasteiger partial charge in [-0.3, -0.25) is 4.79 Å². The van der Waals surface area contributed by atoms with E-state index in [-0.39, 0.29) is 24.9 Å². The average molecular weight is 562 g/mol. The molecule has 1 heterocycles. The van der Waals surface area contributed by atoms with Gasteiger partial charge in [0, 0.05) is 35.4 Å². The molecule has 4 rings (SSSR count). The fourth-order valence-electron chi connectivity index (χ4n) is 4.99. The van der Waals surface area contributed by atoms with E-state index in [0.717, 1.165) is 27.1 Å². The van der Waals surface area contributed by atoms with Gasteiger partial charge >= 0.3 is 12.1 Å². The lowest BCUT2D eigenvalue weighted by atomic mass is 9.82. The van der Waals surface area contributed by atoms with Gasteiger partial charge in [0.25, 0.3) is 0 Å². The zero-order valence-electron chi connectivity index (χ0n) is 23.5. The van der Waals surface area contributed by atoms with Gasteiger partial charge in [0.05, 0.1) is 0 Å². The number of carboxylic acids is 1. The number of rotatable bonds is 9. The number of carbonyl (C=O) groups is 3. The second-order valence-electron chi connectivity index (χ2n) is 10.7. The van der Waals surface area contributed by atoms with Gasteiger partial charge in [-0.25, -0.2) is 9.59 Å². The number of aliphatic carboxylic acids is 1. The Kier molecular flexibility index (Phi) is 8.88. The topological polar surface area (TPSA) is 93.1 Å². The number of hydrogen-bond donors (Lipinski definition) is 1. The largest absolute Gasteiger partial charge is 0.478 e. The van der Waals surface area contributed by atoms with Gasteiger partial charge in [0.2, 0.25) is 0 Å². The third-order valence-electron chi connectivity index (χ3n) is 7.28. The molecule has 1 aliphatic rings. The first-order valence-electron chi connectivity index (χ1n) is 13.2. The first-order chi connectivity index (χ1) is 19.0. The van der Waals surface area contributed by atoms with Crippen molar-refractivity contribution in [2.75, 3.05) is 19.3 Å². The van der Waals surface area contributed by atoms with E-state index in [9.17, 15) is 19.5 Å². The van der Waals surface area contributed by atoms with Crippen molar-refractivity contribution in [3.8, 4) is 5.75 Å². The lowest BCUT2D eigenvalue weighted by Gasteiger charge is -2.26. The van der Waals surface area contributed by atoms with Crippen molar-refractivity contribution in [3.05, 3.63) is 94.5 Å². The molecule has 1 N–H and O–H groups in total. The number of ether oxygens (including phenoxy) is 2. The lowest BCUT2D eigenvalue weighted by Crippen LogP contribution is -2.38. The van der Waals surface area contributed by atoms with Crippen LogP contribution in [-0.4, -0.2) is 52.8 Å². The third kappa shape index (κ3) is 6.50. The van der Waals surface area contributed by atoms with Crippen LogP contribution in [0.15, 0.2) is 71.6 Å². The number of carboxylic acid groups (broad SMARTS) is 1. The number of ketones is 1. The Balaban J connectivity index is 1.63. The van der Waals surface area contributed by atoms with Crippen molar-refractivity contribution in [2.45, 2.75) is 50.7 Å². The molecule has 1 fully saturated rings. The number of carbonyl (C=O) groups excluding carboxylic acids is 2. The van der Waals surface area contributed by atoms with Gasteiger partial charge < -0.3 is 19.5 Å². The maximum absolute atomic E-state index is 13.8. The quantitative estimate of drug-likeness (QED) is 0.235. The monoisotopic (exact) mass is 561 g/mol. The summed E-state index contributed by atoms with van der Waals surface area (Å²) in [5.74, 6) is -1.32. The van der Waals surface area contributed by atoms with E-state index in [1.54, 1.807) is 16.7 Å². The Morgan fingerprint density at radius 2 is 1.60 bits per heavy atom. The summed E-state index contributed by atoms with van der Waals surface area (Å²) in [7, 11) is 0. The number of aryl methyl sites for hydroxylation is 2. The number of benzene rings is 3. The fraction of sp³-hybridized carbons (Fsp3) is 0.344. The molecule has 0 saturated carbocycles. The van der Waals surface area contributed by atoms with E-state index in [1.807, 2.05) is 86.8 Å². The predicted molar refractivity (Wildman–Crippen MR) is 155 cm³/mol. The van der Waals surface area contributed by atoms with E-state index < -0.39 is 23.6 Å². The average Bonchev–Trinajstić information content (AvgIpc) is 3.39.